The molecule has 0 amide bonds. The van der Waals surface area contributed by atoms with Gasteiger partial charge in [0.25, 0.3) is 0 Å². The second kappa shape index (κ2) is 5.73. The summed E-state index contributed by atoms with van der Waals surface area (Å²) in [6.07, 6.45) is 3.60. The zero-order valence-electron chi connectivity index (χ0n) is 10.6. The second-order valence-electron chi connectivity index (χ2n) is 4.85. The summed E-state index contributed by atoms with van der Waals surface area (Å²) in [5.74, 6) is 0. The van der Waals surface area contributed by atoms with Crippen molar-refractivity contribution in [1.82, 2.24) is 0 Å². The van der Waals surface area contributed by atoms with Crippen molar-refractivity contribution >= 4 is 21.6 Å². The predicted molar refractivity (Wildman–Crippen MR) is 77.5 cm³/mol. The molecule has 1 heterocycles. The van der Waals surface area contributed by atoms with E-state index in [4.69, 9.17) is 11.0 Å². The Hall–Kier alpha value is -1.05. The molecule has 0 saturated carbocycles. The molecule has 1 aliphatic rings. The van der Waals surface area contributed by atoms with E-state index in [9.17, 15) is 0 Å². The summed E-state index contributed by atoms with van der Waals surface area (Å²) in [6.45, 7) is 2.93. The molecule has 1 aliphatic heterocycles. The van der Waals surface area contributed by atoms with Gasteiger partial charge in [-0.2, -0.15) is 5.26 Å². The number of piperidine rings is 1. The second-order valence-corrected chi connectivity index (χ2v) is 5.71. The van der Waals surface area contributed by atoms with E-state index in [1.54, 1.807) is 0 Å². The summed E-state index contributed by atoms with van der Waals surface area (Å²) in [7, 11) is 0. The van der Waals surface area contributed by atoms with Crippen LogP contribution in [-0.2, 0) is 0 Å². The van der Waals surface area contributed by atoms with Gasteiger partial charge >= 0.3 is 0 Å². The van der Waals surface area contributed by atoms with Crippen molar-refractivity contribution in [1.29, 1.82) is 5.26 Å². The number of hydrogen-bond acceptors (Lipinski definition) is 3. The summed E-state index contributed by atoms with van der Waals surface area (Å²) in [4.78, 5) is 2.40. The highest BCUT2D eigenvalue weighted by Crippen LogP contribution is 2.31. The Balaban J connectivity index is 2.33. The molecule has 0 spiro atoms. The third kappa shape index (κ3) is 2.52. The maximum atomic E-state index is 8.96. The van der Waals surface area contributed by atoms with Crippen LogP contribution in [0.15, 0.2) is 22.7 Å². The topological polar surface area (TPSA) is 53.0 Å². The highest BCUT2D eigenvalue weighted by Gasteiger charge is 2.27. The lowest BCUT2D eigenvalue weighted by molar-refractivity contribution is 0.401. The van der Waals surface area contributed by atoms with E-state index in [1.165, 1.54) is 12.8 Å². The summed E-state index contributed by atoms with van der Waals surface area (Å²) >= 11 is 3.46. The number of nitriles is 1. The first-order valence-corrected chi connectivity index (χ1v) is 7.14. The molecule has 0 radical (unpaired) electrons. The van der Waals surface area contributed by atoms with Crippen LogP contribution in [0.3, 0.4) is 0 Å². The standard InChI is InChI=1S/C14H18BrN3/c1-10-3-2-4-13(9-17)18(10)12-6-5-11(8-16)14(15)7-12/h5-7,10,13H,2-4,9,17H2,1H3. The molecule has 2 rings (SSSR count). The predicted octanol–water partition coefficient (Wildman–Crippen LogP) is 3.03. The fraction of sp³-hybridized carbons (Fsp3) is 0.500. The minimum atomic E-state index is 0.411. The van der Waals surface area contributed by atoms with Gasteiger partial charge in [-0.05, 0) is 60.3 Å². The normalized spacial score (nSPS) is 23.8. The van der Waals surface area contributed by atoms with E-state index in [2.05, 4.69) is 33.8 Å². The third-order valence-electron chi connectivity index (χ3n) is 3.67. The van der Waals surface area contributed by atoms with Gasteiger partial charge in [0.1, 0.15) is 6.07 Å². The van der Waals surface area contributed by atoms with Crippen molar-refractivity contribution in [3.63, 3.8) is 0 Å². The molecule has 96 valence electrons. The SMILES string of the molecule is CC1CCCC(CN)N1c1ccc(C#N)c(Br)c1. The maximum absolute atomic E-state index is 8.96. The van der Waals surface area contributed by atoms with Crippen LogP contribution in [0.5, 0.6) is 0 Å². The lowest BCUT2D eigenvalue weighted by Crippen LogP contribution is -2.49. The van der Waals surface area contributed by atoms with Crippen molar-refractivity contribution in [3.05, 3.63) is 28.2 Å². The quantitative estimate of drug-likeness (QED) is 0.913. The molecule has 1 saturated heterocycles. The lowest BCUT2D eigenvalue weighted by Gasteiger charge is -2.42. The van der Waals surface area contributed by atoms with Gasteiger partial charge in [-0.3, -0.25) is 0 Å². The first-order valence-electron chi connectivity index (χ1n) is 6.35. The van der Waals surface area contributed by atoms with E-state index in [0.29, 0.717) is 24.2 Å². The average molecular weight is 308 g/mol. The highest BCUT2D eigenvalue weighted by molar-refractivity contribution is 9.10. The van der Waals surface area contributed by atoms with E-state index in [0.717, 1.165) is 16.6 Å². The fourth-order valence-corrected chi connectivity index (χ4v) is 3.19. The molecule has 18 heavy (non-hydrogen) atoms. The Bertz CT molecular complexity index is 467. The molecule has 0 bridgehead atoms. The van der Waals surface area contributed by atoms with Gasteiger partial charge in [-0.25, -0.2) is 0 Å². The van der Waals surface area contributed by atoms with Gasteiger partial charge in [-0.1, -0.05) is 0 Å². The number of benzene rings is 1. The monoisotopic (exact) mass is 307 g/mol. The first-order chi connectivity index (χ1) is 8.67. The van der Waals surface area contributed by atoms with E-state index >= 15 is 0 Å². The third-order valence-corrected chi connectivity index (χ3v) is 4.33. The van der Waals surface area contributed by atoms with Crippen molar-refractivity contribution in [2.45, 2.75) is 38.3 Å². The van der Waals surface area contributed by atoms with Crippen molar-refractivity contribution in [3.8, 4) is 6.07 Å². The Morgan fingerprint density at radius 1 is 1.50 bits per heavy atom. The lowest BCUT2D eigenvalue weighted by atomic mass is 9.95. The number of nitrogens with two attached hydrogens (primary N) is 1. The molecule has 1 fully saturated rings. The van der Waals surface area contributed by atoms with Gasteiger partial charge in [0.2, 0.25) is 0 Å². The molecule has 2 N–H and O–H groups in total. The maximum Gasteiger partial charge on any atom is 0.100 e. The number of halogens is 1. The largest absolute Gasteiger partial charge is 0.365 e. The molecule has 1 aromatic rings. The summed E-state index contributed by atoms with van der Waals surface area (Å²) < 4.78 is 0.857. The van der Waals surface area contributed by atoms with E-state index < -0.39 is 0 Å². The van der Waals surface area contributed by atoms with Crippen molar-refractivity contribution in [2.75, 3.05) is 11.4 Å². The van der Waals surface area contributed by atoms with Gasteiger partial charge in [0, 0.05) is 28.8 Å². The Morgan fingerprint density at radius 2 is 2.28 bits per heavy atom. The fourth-order valence-electron chi connectivity index (χ4n) is 2.74. The first kappa shape index (κ1) is 13.4. The molecular formula is C14H18BrN3. The van der Waals surface area contributed by atoms with Crippen LogP contribution in [0.1, 0.15) is 31.7 Å². The zero-order chi connectivity index (χ0) is 13.1. The highest BCUT2D eigenvalue weighted by atomic mass is 79.9. The number of rotatable bonds is 2. The molecule has 0 aromatic heterocycles. The molecule has 0 aliphatic carbocycles. The minimum Gasteiger partial charge on any atom is -0.365 e. The Labute approximate surface area is 117 Å². The zero-order valence-corrected chi connectivity index (χ0v) is 12.2. The molecule has 1 aromatic carbocycles. The Morgan fingerprint density at radius 3 is 2.89 bits per heavy atom. The van der Waals surface area contributed by atoms with Gasteiger partial charge in [0.05, 0.1) is 5.56 Å². The van der Waals surface area contributed by atoms with Crippen LogP contribution in [0, 0.1) is 11.3 Å². The van der Waals surface area contributed by atoms with Crippen LogP contribution < -0.4 is 10.6 Å². The van der Waals surface area contributed by atoms with Crippen LogP contribution in [0.4, 0.5) is 5.69 Å². The summed E-state index contributed by atoms with van der Waals surface area (Å²) in [5, 5.41) is 8.96. The number of hydrogen-bond donors (Lipinski definition) is 1. The van der Waals surface area contributed by atoms with Crippen molar-refractivity contribution in [2.24, 2.45) is 5.73 Å². The molecule has 2 unspecified atom stereocenters. The summed E-state index contributed by atoms with van der Waals surface area (Å²) in [5.41, 5.74) is 7.71. The number of anilines is 1. The van der Waals surface area contributed by atoms with Gasteiger partial charge in [0.15, 0.2) is 0 Å². The smallest absolute Gasteiger partial charge is 0.100 e. The molecule has 4 heteroatoms. The average Bonchev–Trinajstić information content (AvgIpc) is 2.38. The van der Waals surface area contributed by atoms with E-state index in [1.807, 2.05) is 18.2 Å². The van der Waals surface area contributed by atoms with Crippen LogP contribution in [-0.4, -0.2) is 18.6 Å². The van der Waals surface area contributed by atoms with Gasteiger partial charge < -0.3 is 10.6 Å². The van der Waals surface area contributed by atoms with Crippen LogP contribution >= 0.6 is 15.9 Å². The molecule has 2 atom stereocenters. The van der Waals surface area contributed by atoms with Crippen LogP contribution in [0.25, 0.3) is 0 Å². The number of nitrogens with zero attached hydrogens (tertiary/aromatic N) is 2. The van der Waals surface area contributed by atoms with E-state index in [-0.39, 0.29) is 0 Å². The van der Waals surface area contributed by atoms with Crippen LogP contribution in [0.2, 0.25) is 0 Å². The molecular weight excluding hydrogens is 290 g/mol. The minimum absolute atomic E-state index is 0.411. The molecule has 3 nitrogen and oxygen atoms in total. The summed E-state index contributed by atoms with van der Waals surface area (Å²) in [6, 6.07) is 9.01. The van der Waals surface area contributed by atoms with Gasteiger partial charge in [-0.15, -0.1) is 0 Å². The Kier molecular flexibility index (Phi) is 4.26. The van der Waals surface area contributed by atoms with Crippen molar-refractivity contribution < 1.29 is 0 Å².